The summed E-state index contributed by atoms with van der Waals surface area (Å²) < 4.78 is 0. The minimum atomic E-state index is 0. The van der Waals surface area contributed by atoms with Crippen molar-refractivity contribution in [1.29, 1.82) is 0 Å². The molecule has 0 atom stereocenters. The molecule has 0 aromatic heterocycles. The predicted molar refractivity (Wildman–Crippen MR) is 106 cm³/mol. The van der Waals surface area contributed by atoms with E-state index in [4.69, 9.17) is 0 Å². The van der Waals surface area contributed by atoms with Crippen LogP contribution in [0.1, 0.15) is 25.0 Å². The van der Waals surface area contributed by atoms with E-state index in [0.717, 1.165) is 0 Å². The first-order valence-corrected chi connectivity index (χ1v) is 7.45. The van der Waals surface area contributed by atoms with Crippen LogP contribution in [0, 0.1) is 20.8 Å². The minimum absolute atomic E-state index is 0. The Morgan fingerprint density at radius 3 is 1.07 bits per heavy atom. The van der Waals surface area contributed by atoms with E-state index in [2.05, 4.69) is 20.6 Å². The molecule has 2 aromatic rings. The van der Waals surface area contributed by atoms with Crippen molar-refractivity contribution >= 4 is 22.8 Å². The van der Waals surface area contributed by atoms with Gasteiger partial charge in [0.05, 0.1) is 22.8 Å². The predicted octanol–water partition coefficient (Wildman–Crippen LogP) is 3.86. The van der Waals surface area contributed by atoms with Crippen LogP contribution in [-0.2, 0) is 21.7 Å². The first-order chi connectivity index (χ1) is 12.6. The molecular weight excluding hydrogens is 384 g/mol. The van der Waals surface area contributed by atoms with Crippen molar-refractivity contribution < 1.29 is 21.7 Å². The molecule has 0 aliphatic carbocycles. The van der Waals surface area contributed by atoms with Gasteiger partial charge in [-0.25, -0.2) is 0 Å². The second-order valence-electron chi connectivity index (χ2n) is 4.97. The quantitative estimate of drug-likeness (QED) is 0.436. The molecule has 0 amide bonds. The van der Waals surface area contributed by atoms with Crippen LogP contribution >= 0.6 is 0 Å². The molecule has 140 valence electrons. The molecule has 0 heterocycles. The van der Waals surface area contributed by atoms with Crippen molar-refractivity contribution in [2.75, 3.05) is 0 Å². The van der Waals surface area contributed by atoms with Crippen LogP contribution in [0.5, 0.6) is 0 Å². The Hall–Kier alpha value is -2.97. The largest absolute Gasteiger partial charge is 0.792 e. The molecule has 2 aromatic carbocycles. The summed E-state index contributed by atoms with van der Waals surface area (Å²) in [4.78, 5) is 0. The molecule has 27 heavy (non-hydrogen) atoms. The van der Waals surface area contributed by atoms with Gasteiger partial charge >= 0.3 is 0 Å². The maximum Gasteiger partial charge on any atom is 0.0796 e. The molecule has 0 bridgehead atoms. The van der Waals surface area contributed by atoms with E-state index in [0.29, 0.717) is 11.1 Å². The van der Waals surface area contributed by atoms with Gasteiger partial charge in [-0.1, -0.05) is 60.7 Å². The van der Waals surface area contributed by atoms with Crippen LogP contribution in [0.25, 0.3) is 0 Å². The van der Waals surface area contributed by atoms with Crippen LogP contribution in [0.2, 0.25) is 0 Å². The average molecular weight is 400 g/mol. The molecule has 0 aliphatic rings. The zero-order valence-electron chi connectivity index (χ0n) is 14.7. The molecule has 0 radical (unpaired) electrons. The molecule has 9 heteroatoms. The number of hydrogen-bond acceptors (Lipinski definition) is 8. The van der Waals surface area contributed by atoms with Crippen molar-refractivity contribution in [2.24, 2.45) is 20.6 Å². The summed E-state index contributed by atoms with van der Waals surface area (Å²) >= 11 is 0. The fourth-order valence-corrected chi connectivity index (χ4v) is 1.93. The van der Waals surface area contributed by atoms with Crippen LogP contribution < -0.4 is 0 Å². The van der Waals surface area contributed by atoms with E-state index >= 15 is 0 Å². The molecule has 8 nitrogen and oxygen atoms in total. The van der Waals surface area contributed by atoms with Gasteiger partial charge in [0.1, 0.15) is 0 Å². The van der Waals surface area contributed by atoms with E-state index in [9.17, 15) is 20.8 Å². The van der Waals surface area contributed by atoms with Gasteiger partial charge < -0.3 is 41.5 Å². The number of hydrogen-bond donors (Lipinski definition) is 0. The van der Waals surface area contributed by atoms with Crippen LogP contribution in [0.15, 0.2) is 81.3 Å². The Morgan fingerprint density at radius 2 is 0.852 bits per heavy atom. The van der Waals surface area contributed by atoms with E-state index in [1.807, 2.05) is 12.1 Å². The molecule has 0 spiro atoms. The van der Waals surface area contributed by atoms with Crippen molar-refractivity contribution in [1.82, 2.24) is 0 Å². The maximum atomic E-state index is 10.4. The normalized spacial score (nSPS) is 12.5. The van der Waals surface area contributed by atoms with Crippen LogP contribution in [-0.4, -0.2) is 22.8 Å². The Labute approximate surface area is 171 Å². The first-order valence-electron chi connectivity index (χ1n) is 7.45. The second kappa shape index (κ2) is 13.3. The van der Waals surface area contributed by atoms with Gasteiger partial charge in [0.15, 0.2) is 0 Å². The Bertz CT molecular complexity index is 737. The monoisotopic (exact) mass is 400 g/mol. The second-order valence-corrected chi connectivity index (χ2v) is 4.97. The summed E-state index contributed by atoms with van der Waals surface area (Å²) in [6, 6.07) is 17.5. The third kappa shape index (κ3) is 7.43. The fourth-order valence-electron chi connectivity index (χ4n) is 1.93. The maximum absolute atomic E-state index is 10.4. The van der Waals surface area contributed by atoms with Crippen molar-refractivity contribution in [3.63, 3.8) is 0 Å². The average Bonchev–Trinajstić information content (AvgIpc) is 2.71. The van der Waals surface area contributed by atoms with E-state index in [1.54, 1.807) is 48.5 Å². The van der Waals surface area contributed by atoms with Crippen LogP contribution in [0.4, 0.5) is 0 Å². The van der Waals surface area contributed by atoms with E-state index in [-0.39, 0.29) is 44.6 Å². The zero-order valence-corrected chi connectivity index (χ0v) is 16.3. The first kappa shape index (κ1) is 24.0. The Morgan fingerprint density at radius 1 is 0.556 bits per heavy atom. The number of rotatable bonds is 4. The van der Waals surface area contributed by atoms with Gasteiger partial charge in [-0.2, -0.15) is 0 Å². The van der Waals surface area contributed by atoms with Crippen molar-refractivity contribution in [2.45, 2.75) is 13.8 Å². The summed E-state index contributed by atoms with van der Waals surface area (Å²) in [5.41, 5.74) is 1.60. The van der Waals surface area contributed by atoms with Gasteiger partial charge in [0.25, 0.3) is 0 Å². The summed E-state index contributed by atoms with van der Waals surface area (Å²) in [5.74, 6) is 0. The molecular formula is C18H16N4O4Ti-4. The summed E-state index contributed by atoms with van der Waals surface area (Å²) in [6.45, 7) is 2.91. The van der Waals surface area contributed by atoms with Gasteiger partial charge in [0, 0.05) is 32.8 Å². The van der Waals surface area contributed by atoms with Gasteiger partial charge in [0.2, 0.25) is 0 Å². The Balaban J connectivity index is 0.000000483. The summed E-state index contributed by atoms with van der Waals surface area (Å²) in [6.07, 6.45) is 0. The molecule has 2 rings (SSSR count). The van der Waals surface area contributed by atoms with Gasteiger partial charge in [-0.15, -0.1) is 0 Å². The van der Waals surface area contributed by atoms with E-state index in [1.165, 1.54) is 13.8 Å². The molecule has 0 aliphatic heterocycles. The van der Waals surface area contributed by atoms with E-state index < -0.39 is 0 Å². The summed E-state index contributed by atoms with van der Waals surface area (Å²) in [5, 5.41) is 52.0. The third-order valence-electron chi connectivity index (χ3n) is 3.24. The van der Waals surface area contributed by atoms with Gasteiger partial charge in [-0.05, 0) is 13.8 Å². The number of benzene rings is 2. The standard InChI is InChI=1S/2C9H10N2O2.Ti/c2*1-7(10-12)9(11-13)8-5-3-2-4-6-8;/h2*2-6,12-13H,1H3;/p-4. The third-order valence-corrected chi connectivity index (χ3v) is 3.24. The van der Waals surface area contributed by atoms with Gasteiger partial charge in [-0.3, -0.25) is 0 Å². The summed E-state index contributed by atoms with van der Waals surface area (Å²) in [7, 11) is 0. The molecule has 0 saturated carbocycles. The van der Waals surface area contributed by atoms with Crippen LogP contribution in [0.3, 0.4) is 0 Å². The zero-order chi connectivity index (χ0) is 19.4. The molecule has 0 saturated heterocycles. The smallest absolute Gasteiger partial charge is 0.0796 e. The molecule has 0 unspecified atom stereocenters. The molecule has 0 N–H and O–H groups in total. The Kier molecular flexibility index (Phi) is 11.8. The SMILES string of the molecule is CC(=N[O-])C(=N[O-])c1ccccc1.CC(=N[O-])C(=N[O-])c1ccccc1.[Ti]. The van der Waals surface area contributed by atoms with Crippen molar-refractivity contribution in [3.8, 4) is 0 Å². The van der Waals surface area contributed by atoms with Crippen molar-refractivity contribution in [3.05, 3.63) is 92.6 Å². The number of nitrogens with zero attached hydrogens (tertiary/aromatic N) is 4. The topological polar surface area (TPSA) is 142 Å². The minimum Gasteiger partial charge on any atom is -0.792 e. The molecule has 0 fully saturated rings. The fraction of sp³-hybridized carbons (Fsp3) is 0.111.